The number of rotatable bonds is 5. The molecule has 1 aliphatic rings. The van der Waals surface area contributed by atoms with Crippen LogP contribution in [0.25, 0.3) is 10.8 Å². The highest BCUT2D eigenvalue weighted by molar-refractivity contribution is 5.84. The Balaban J connectivity index is 1.67. The summed E-state index contributed by atoms with van der Waals surface area (Å²) in [5.41, 5.74) is 0.893. The zero-order valence-electron chi connectivity index (χ0n) is 15.9. The third-order valence-corrected chi connectivity index (χ3v) is 5.34. The van der Waals surface area contributed by atoms with Crippen LogP contribution in [0.5, 0.6) is 0 Å². The summed E-state index contributed by atoms with van der Waals surface area (Å²) in [4.78, 5) is 27.6. The lowest BCUT2D eigenvalue weighted by Gasteiger charge is -2.30. The van der Waals surface area contributed by atoms with Crippen LogP contribution in [0.4, 0.5) is 4.39 Å². The zero-order chi connectivity index (χ0) is 19.8. The minimum absolute atomic E-state index is 0.0827. The molecule has 0 spiro atoms. The quantitative estimate of drug-likeness (QED) is 0.681. The maximum absolute atomic E-state index is 14.3. The van der Waals surface area contributed by atoms with Gasteiger partial charge in [0, 0.05) is 17.0 Å². The summed E-state index contributed by atoms with van der Waals surface area (Å²) in [6.45, 7) is 3.50. The van der Waals surface area contributed by atoms with E-state index in [0.717, 1.165) is 18.2 Å². The van der Waals surface area contributed by atoms with Crippen LogP contribution in [-0.4, -0.2) is 26.6 Å². The molecular formula is C22H22FN3O2. The van der Waals surface area contributed by atoms with Crippen molar-refractivity contribution in [1.82, 2.24) is 14.7 Å². The van der Waals surface area contributed by atoms with Crippen molar-refractivity contribution in [3.05, 3.63) is 76.0 Å². The van der Waals surface area contributed by atoms with Crippen molar-refractivity contribution >= 4 is 16.7 Å². The van der Waals surface area contributed by atoms with Gasteiger partial charge < -0.3 is 4.90 Å². The second kappa shape index (κ2) is 7.19. The predicted octanol–water partition coefficient (Wildman–Crippen LogP) is 3.60. The van der Waals surface area contributed by atoms with Gasteiger partial charge in [-0.05, 0) is 38.8 Å². The van der Waals surface area contributed by atoms with E-state index >= 15 is 0 Å². The molecule has 0 radical (unpaired) electrons. The van der Waals surface area contributed by atoms with Crippen molar-refractivity contribution < 1.29 is 9.18 Å². The van der Waals surface area contributed by atoms with Crippen LogP contribution >= 0.6 is 0 Å². The van der Waals surface area contributed by atoms with Crippen LogP contribution in [0.2, 0.25) is 0 Å². The predicted molar refractivity (Wildman–Crippen MR) is 105 cm³/mol. The standard InChI is InChI=1S/C22H22FN3O2/c1-14-17-7-3-4-9-19(17)22(28)25(24-14)13-21(27)26(16-11-12-16)15(2)18-8-5-6-10-20(18)23/h3-10,15-16H,11-13H2,1-2H3. The van der Waals surface area contributed by atoms with Gasteiger partial charge in [0.1, 0.15) is 12.4 Å². The maximum atomic E-state index is 14.3. The summed E-state index contributed by atoms with van der Waals surface area (Å²) >= 11 is 0. The van der Waals surface area contributed by atoms with Crippen LogP contribution < -0.4 is 5.56 Å². The molecule has 1 aliphatic carbocycles. The smallest absolute Gasteiger partial charge is 0.275 e. The van der Waals surface area contributed by atoms with Crippen molar-refractivity contribution in [3.63, 3.8) is 0 Å². The molecule has 1 fully saturated rings. The van der Waals surface area contributed by atoms with E-state index in [-0.39, 0.29) is 29.9 Å². The number of benzene rings is 2. The van der Waals surface area contributed by atoms with Gasteiger partial charge in [-0.1, -0.05) is 36.4 Å². The van der Waals surface area contributed by atoms with Gasteiger partial charge in [0.05, 0.1) is 17.1 Å². The van der Waals surface area contributed by atoms with Gasteiger partial charge in [0.2, 0.25) is 5.91 Å². The number of amides is 1. The van der Waals surface area contributed by atoms with Gasteiger partial charge in [-0.25, -0.2) is 9.07 Å². The van der Waals surface area contributed by atoms with Gasteiger partial charge in [0.25, 0.3) is 5.56 Å². The molecule has 1 aromatic heterocycles. The fourth-order valence-electron chi connectivity index (χ4n) is 3.77. The SMILES string of the molecule is Cc1nn(CC(=O)N(C2CC2)C(C)c2ccccc2F)c(=O)c2ccccc12. The van der Waals surface area contributed by atoms with Crippen LogP contribution in [0.3, 0.4) is 0 Å². The Morgan fingerprint density at radius 1 is 1.18 bits per heavy atom. The van der Waals surface area contributed by atoms with Crippen LogP contribution in [0, 0.1) is 12.7 Å². The molecular weight excluding hydrogens is 357 g/mol. The monoisotopic (exact) mass is 379 g/mol. The highest BCUT2D eigenvalue weighted by Gasteiger charge is 2.37. The molecule has 0 saturated heterocycles. The Bertz CT molecular complexity index is 1100. The zero-order valence-corrected chi connectivity index (χ0v) is 15.9. The van der Waals surface area contributed by atoms with Crippen LogP contribution in [-0.2, 0) is 11.3 Å². The minimum atomic E-state index is -0.404. The fourth-order valence-corrected chi connectivity index (χ4v) is 3.77. The largest absolute Gasteiger partial charge is 0.331 e. The molecule has 28 heavy (non-hydrogen) atoms. The molecule has 0 aliphatic heterocycles. The summed E-state index contributed by atoms with van der Waals surface area (Å²) < 4.78 is 15.5. The first-order valence-corrected chi connectivity index (χ1v) is 9.49. The summed E-state index contributed by atoms with van der Waals surface area (Å²) in [5.74, 6) is -0.548. The van der Waals surface area contributed by atoms with E-state index in [2.05, 4.69) is 5.10 Å². The number of aryl methyl sites for hydroxylation is 1. The first-order chi connectivity index (χ1) is 13.5. The molecule has 1 heterocycles. The topological polar surface area (TPSA) is 55.2 Å². The molecule has 0 N–H and O–H groups in total. The van der Waals surface area contributed by atoms with E-state index in [4.69, 9.17) is 0 Å². The van der Waals surface area contributed by atoms with E-state index < -0.39 is 6.04 Å². The van der Waals surface area contributed by atoms with Gasteiger partial charge in [-0.15, -0.1) is 0 Å². The van der Waals surface area contributed by atoms with E-state index in [1.807, 2.05) is 26.0 Å². The minimum Gasteiger partial charge on any atom is -0.331 e. The van der Waals surface area contributed by atoms with Crippen molar-refractivity contribution in [1.29, 1.82) is 0 Å². The van der Waals surface area contributed by atoms with Crippen LogP contribution in [0.15, 0.2) is 53.3 Å². The molecule has 1 atom stereocenters. The molecule has 1 unspecified atom stereocenters. The number of nitrogens with zero attached hydrogens (tertiary/aromatic N) is 3. The Kier molecular flexibility index (Phi) is 4.71. The molecule has 3 aromatic rings. The van der Waals surface area contributed by atoms with E-state index in [9.17, 15) is 14.0 Å². The molecule has 1 saturated carbocycles. The third kappa shape index (κ3) is 3.30. The number of carbonyl (C=O) groups is 1. The lowest BCUT2D eigenvalue weighted by molar-refractivity contribution is -0.135. The molecule has 2 aromatic carbocycles. The summed E-state index contributed by atoms with van der Waals surface area (Å²) in [5, 5.41) is 5.67. The Morgan fingerprint density at radius 2 is 1.82 bits per heavy atom. The number of aromatic nitrogens is 2. The third-order valence-electron chi connectivity index (χ3n) is 5.34. The average molecular weight is 379 g/mol. The highest BCUT2D eigenvalue weighted by Crippen LogP contribution is 2.35. The Hall–Kier alpha value is -3.02. The first kappa shape index (κ1) is 18.3. The second-order valence-electron chi connectivity index (χ2n) is 7.32. The lowest BCUT2D eigenvalue weighted by atomic mass is 10.1. The Morgan fingerprint density at radius 3 is 2.50 bits per heavy atom. The molecule has 6 heteroatoms. The summed E-state index contributed by atoms with van der Waals surface area (Å²) in [7, 11) is 0. The Labute approximate surface area is 162 Å². The van der Waals surface area contributed by atoms with Crippen molar-refractivity contribution in [2.24, 2.45) is 0 Å². The second-order valence-corrected chi connectivity index (χ2v) is 7.32. The number of hydrogen-bond acceptors (Lipinski definition) is 3. The molecule has 4 rings (SSSR count). The number of fused-ring (bicyclic) bond motifs is 1. The highest BCUT2D eigenvalue weighted by atomic mass is 19.1. The van der Waals surface area contributed by atoms with Gasteiger partial charge >= 0.3 is 0 Å². The van der Waals surface area contributed by atoms with E-state index in [1.54, 1.807) is 35.2 Å². The lowest BCUT2D eigenvalue weighted by Crippen LogP contribution is -2.40. The first-order valence-electron chi connectivity index (χ1n) is 9.49. The summed E-state index contributed by atoms with van der Waals surface area (Å²) in [6, 6.07) is 13.4. The van der Waals surface area contributed by atoms with Gasteiger partial charge in [-0.2, -0.15) is 5.10 Å². The fraction of sp³-hybridized carbons (Fsp3) is 0.318. The maximum Gasteiger partial charge on any atom is 0.275 e. The van der Waals surface area contributed by atoms with E-state index in [0.29, 0.717) is 16.6 Å². The van der Waals surface area contributed by atoms with Crippen molar-refractivity contribution in [3.8, 4) is 0 Å². The van der Waals surface area contributed by atoms with Crippen molar-refractivity contribution in [2.75, 3.05) is 0 Å². The van der Waals surface area contributed by atoms with Gasteiger partial charge in [-0.3, -0.25) is 9.59 Å². The normalized spacial score (nSPS) is 14.8. The summed E-state index contributed by atoms with van der Waals surface area (Å²) in [6.07, 6.45) is 1.78. The average Bonchev–Trinajstić information content (AvgIpc) is 3.51. The van der Waals surface area contributed by atoms with Crippen molar-refractivity contribution in [2.45, 2.75) is 45.3 Å². The van der Waals surface area contributed by atoms with E-state index in [1.165, 1.54) is 10.7 Å². The van der Waals surface area contributed by atoms with Gasteiger partial charge in [0.15, 0.2) is 0 Å². The molecule has 144 valence electrons. The number of halogens is 1. The molecule has 0 bridgehead atoms. The molecule has 1 amide bonds. The number of carbonyl (C=O) groups excluding carboxylic acids is 1. The molecule has 5 nitrogen and oxygen atoms in total. The van der Waals surface area contributed by atoms with Crippen LogP contribution in [0.1, 0.15) is 37.1 Å². The number of hydrogen-bond donors (Lipinski definition) is 0.